The van der Waals surface area contributed by atoms with Gasteiger partial charge in [0, 0.05) is 6.42 Å². The highest BCUT2D eigenvalue weighted by atomic mass is 19.1. The van der Waals surface area contributed by atoms with Gasteiger partial charge in [-0.2, -0.15) is 0 Å². The Morgan fingerprint density at radius 3 is 2.53 bits per heavy atom. The van der Waals surface area contributed by atoms with Crippen LogP contribution in [-0.4, -0.2) is 12.9 Å². The Labute approximate surface area is 109 Å². The summed E-state index contributed by atoms with van der Waals surface area (Å²) in [6.45, 7) is 0. The number of carbonyl (C=O) groups excluding carboxylic acids is 1. The summed E-state index contributed by atoms with van der Waals surface area (Å²) < 4.78 is 32.1. The number of benzene rings is 2. The third-order valence-electron chi connectivity index (χ3n) is 2.79. The summed E-state index contributed by atoms with van der Waals surface area (Å²) in [5.74, 6) is -1.67. The molecule has 19 heavy (non-hydrogen) atoms. The zero-order chi connectivity index (χ0) is 13.8. The van der Waals surface area contributed by atoms with Crippen LogP contribution in [0.3, 0.4) is 0 Å². The van der Waals surface area contributed by atoms with E-state index in [1.165, 1.54) is 43.5 Å². The van der Waals surface area contributed by atoms with Crippen LogP contribution < -0.4 is 4.74 Å². The van der Waals surface area contributed by atoms with Crippen LogP contribution in [0, 0.1) is 11.6 Å². The predicted octanol–water partition coefficient (Wildman–Crippen LogP) is 3.40. The highest BCUT2D eigenvalue weighted by Gasteiger charge is 2.16. The normalized spacial score (nSPS) is 10.3. The first-order valence-corrected chi connectivity index (χ1v) is 5.72. The molecule has 0 N–H and O–H groups in total. The molecule has 2 aromatic rings. The van der Waals surface area contributed by atoms with Gasteiger partial charge in [0.15, 0.2) is 17.3 Å². The van der Waals surface area contributed by atoms with Crippen molar-refractivity contribution in [1.82, 2.24) is 0 Å². The number of ether oxygens (including phenoxy) is 1. The molecule has 2 aromatic carbocycles. The van der Waals surface area contributed by atoms with Crippen LogP contribution in [0.1, 0.15) is 15.9 Å². The fourth-order valence-electron chi connectivity index (χ4n) is 1.79. The van der Waals surface area contributed by atoms with Gasteiger partial charge in [-0.3, -0.25) is 4.79 Å². The number of carbonyl (C=O) groups is 1. The van der Waals surface area contributed by atoms with Gasteiger partial charge < -0.3 is 4.74 Å². The summed E-state index contributed by atoms with van der Waals surface area (Å²) in [5, 5.41) is 0. The Bertz CT molecular complexity index is 609. The van der Waals surface area contributed by atoms with Crippen LogP contribution in [0.2, 0.25) is 0 Å². The number of methoxy groups -OCH3 is 1. The lowest BCUT2D eigenvalue weighted by molar-refractivity contribution is 0.0987. The van der Waals surface area contributed by atoms with E-state index in [9.17, 15) is 13.6 Å². The Morgan fingerprint density at radius 1 is 1.11 bits per heavy atom. The molecular weight excluding hydrogens is 250 g/mol. The topological polar surface area (TPSA) is 26.3 Å². The molecule has 0 amide bonds. The lowest BCUT2D eigenvalue weighted by Crippen LogP contribution is -2.08. The summed E-state index contributed by atoms with van der Waals surface area (Å²) in [6.07, 6.45) is -0.184. The van der Waals surface area contributed by atoms with E-state index >= 15 is 0 Å². The SMILES string of the molecule is COc1cccc(C(=O)Cc2ccccc2F)c1F. The van der Waals surface area contributed by atoms with Gasteiger partial charge in [0.05, 0.1) is 12.7 Å². The van der Waals surface area contributed by atoms with Crippen LogP contribution >= 0.6 is 0 Å². The summed E-state index contributed by atoms with van der Waals surface area (Å²) in [5.41, 5.74) is 0.150. The molecule has 0 spiro atoms. The van der Waals surface area contributed by atoms with Crippen molar-refractivity contribution < 1.29 is 18.3 Å². The Morgan fingerprint density at radius 2 is 1.84 bits per heavy atom. The van der Waals surface area contributed by atoms with Crippen molar-refractivity contribution in [2.45, 2.75) is 6.42 Å². The Hall–Kier alpha value is -2.23. The summed E-state index contributed by atoms with van der Waals surface area (Å²) >= 11 is 0. The fourth-order valence-corrected chi connectivity index (χ4v) is 1.79. The summed E-state index contributed by atoms with van der Waals surface area (Å²) in [4.78, 5) is 12.0. The number of ketones is 1. The van der Waals surface area contributed by atoms with Crippen LogP contribution in [0.4, 0.5) is 8.78 Å². The fraction of sp³-hybridized carbons (Fsp3) is 0.133. The minimum absolute atomic E-state index is 0.000571. The number of hydrogen-bond donors (Lipinski definition) is 0. The third kappa shape index (κ3) is 2.78. The quantitative estimate of drug-likeness (QED) is 0.789. The highest BCUT2D eigenvalue weighted by Crippen LogP contribution is 2.21. The van der Waals surface area contributed by atoms with Gasteiger partial charge in [-0.25, -0.2) is 8.78 Å². The van der Waals surface area contributed by atoms with Gasteiger partial charge in [-0.05, 0) is 23.8 Å². The van der Waals surface area contributed by atoms with E-state index in [2.05, 4.69) is 0 Å². The van der Waals surface area contributed by atoms with Gasteiger partial charge in [0.25, 0.3) is 0 Å². The van der Waals surface area contributed by atoms with Crippen LogP contribution in [0.25, 0.3) is 0 Å². The first-order chi connectivity index (χ1) is 9.13. The molecule has 0 heterocycles. The largest absolute Gasteiger partial charge is 0.494 e. The van der Waals surface area contributed by atoms with Crippen molar-refractivity contribution in [1.29, 1.82) is 0 Å². The molecular formula is C15H12F2O2. The minimum atomic E-state index is -0.716. The lowest BCUT2D eigenvalue weighted by Gasteiger charge is -2.07. The smallest absolute Gasteiger partial charge is 0.175 e. The molecule has 4 heteroatoms. The maximum absolute atomic E-state index is 13.9. The molecule has 0 saturated carbocycles. The minimum Gasteiger partial charge on any atom is -0.494 e. The van der Waals surface area contributed by atoms with Crippen molar-refractivity contribution >= 4 is 5.78 Å². The zero-order valence-electron chi connectivity index (χ0n) is 10.3. The van der Waals surface area contributed by atoms with Crippen molar-refractivity contribution in [3.63, 3.8) is 0 Å². The second-order valence-corrected chi connectivity index (χ2v) is 4.01. The van der Waals surface area contributed by atoms with E-state index < -0.39 is 17.4 Å². The Kier molecular flexibility index (Phi) is 3.90. The second kappa shape index (κ2) is 5.61. The molecule has 0 aliphatic heterocycles. The van der Waals surface area contributed by atoms with E-state index in [0.29, 0.717) is 0 Å². The first-order valence-electron chi connectivity index (χ1n) is 5.72. The lowest BCUT2D eigenvalue weighted by atomic mass is 10.0. The Balaban J connectivity index is 2.28. The summed E-state index contributed by atoms with van der Waals surface area (Å²) in [7, 11) is 1.32. The van der Waals surface area contributed by atoms with Crippen molar-refractivity contribution in [3.8, 4) is 5.75 Å². The molecule has 2 nitrogen and oxygen atoms in total. The maximum Gasteiger partial charge on any atom is 0.175 e. The molecule has 2 rings (SSSR count). The van der Waals surface area contributed by atoms with E-state index in [0.717, 1.165) is 0 Å². The molecule has 98 valence electrons. The van der Waals surface area contributed by atoms with Gasteiger partial charge in [0.2, 0.25) is 0 Å². The average molecular weight is 262 g/mol. The standard InChI is InChI=1S/C15H12F2O2/c1-19-14-8-4-6-11(15(14)17)13(18)9-10-5-2-3-7-12(10)16/h2-8H,9H2,1H3. The zero-order valence-corrected chi connectivity index (χ0v) is 10.3. The monoisotopic (exact) mass is 262 g/mol. The maximum atomic E-state index is 13.9. The molecule has 0 aromatic heterocycles. The molecule has 0 unspecified atom stereocenters. The van der Waals surface area contributed by atoms with Gasteiger partial charge in [-0.1, -0.05) is 24.3 Å². The van der Waals surface area contributed by atoms with E-state index in [-0.39, 0.29) is 23.3 Å². The van der Waals surface area contributed by atoms with Gasteiger partial charge >= 0.3 is 0 Å². The number of halogens is 2. The van der Waals surface area contributed by atoms with Crippen LogP contribution in [0.5, 0.6) is 5.75 Å². The predicted molar refractivity (Wildman–Crippen MR) is 67.4 cm³/mol. The second-order valence-electron chi connectivity index (χ2n) is 4.01. The molecule has 0 aliphatic rings. The molecule has 0 atom stereocenters. The van der Waals surface area contributed by atoms with E-state index in [4.69, 9.17) is 4.74 Å². The third-order valence-corrected chi connectivity index (χ3v) is 2.79. The van der Waals surface area contributed by atoms with Crippen LogP contribution in [0.15, 0.2) is 42.5 Å². The molecule has 0 radical (unpaired) electrons. The van der Waals surface area contributed by atoms with Crippen LogP contribution in [-0.2, 0) is 6.42 Å². The van der Waals surface area contributed by atoms with Crippen molar-refractivity contribution in [2.75, 3.05) is 7.11 Å². The number of Topliss-reactive ketones (excluding diaryl/α,β-unsaturated/α-hetero) is 1. The van der Waals surface area contributed by atoms with E-state index in [1.54, 1.807) is 6.07 Å². The number of rotatable bonds is 4. The van der Waals surface area contributed by atoms with E-state index in [1.807, 2.05) is 0 Å². The summed E-state index contributed by atoms with van der Waals surface area (Å²) in [6, 6.07) is 10.3. The van der Waals surface area contributed by atoms with Gasteiger partial charge in [0.1, 0.15) is 5.82 Å². The number of hydrogen-bond acceptors (Lipinski definition) is 2. The van der Waals surface area contributed by atoms with Gasteiger partial charge in [-0.15, -0.1) is 0 Å². The molecule has 0 fully saturated rings. The van der Waals surface area contributed by atoms with Crippen molar-refractivity contribution in [2.24, 2.45) is 0 Å². The molecule has 0 aliphatic carbocycles. The molecule has 0 bridgehead atoms. The molecule has 0 saturated heterocycles. The van der Waals surface area contributed by atoms with Crippen molar-refractivity contribution in [3.05, 3.63) is 65.2 Å². The highest BCUT2D eigenvalue weighted by molar-refractivity contribution is 5.98. The average Bonchev–Trinajstić information content (AvgIpc) is 2.41. The first kappa shape index (κ1) is 13.2.